The van der Waals surface area contributed by atoms with E-state index in [-0.39, 0.29) is 29.8 Å². The van der Waals surface area contributed by atoms with Crippen molar-refractivity contribution in [2.24, 2.45) is 0 Å². The molecule has 1 aliphatic rings. The Morgan fingerprint density at radius 2 is 1.83 bits per heavy atom. The van der Waals surface area contributed by atoms with Gasteiger partial charge in [-0.2, -0.15) is 0 Å². The van der Waals surface area contributed by atoms with Gasteiger partial charge in [-0.1, -0.05) is 5.21 Å². The highest BCUT2D eigenvalue weighted by atomic mass is 35.5. The number of hydrogen-bond acceptors (Lipinski definition) is 4. The lowest BCUT2D eigenvalue weighted by atomic mass is 10.1. The average molecular weight is 362 g/mol. The molecule has 1 saturated heterocycles. The van der Waals surface area contributed by atoms with Gasteiger partial charge in [-0.05, 0) is 25.9 Å². The molecule has 1 aliphatic heterocycles. The van der Waals surface area contributed by atoms with Gasteiger partial charge in [0.05, 0.1) is 12.2 Å². The fourth-order valence-corrected chi connectivity index (χ4v) is 2.45. The minimum Gasteiger partial charge on any atom is -0.320 e. The highest BCUT2D eigenvalue weighted by molar-refractivity contribution is 6.02. The Labute approximate surface area is 141 Å². The summed E-state index contributed by atoms with van der Waals surface area (Å²) in [5.41, 5.74) is -0.170. The highest BCUT2D eigenvalue weighted by Gasteiger charge is 2.19. The molecular formula is C14H15ClF3N5O. The highest BCUT2D eigenvalue weighted by Crippen LogP contribution is 2.19. The third-order valence-corrected chi connectivity index (χ3v) is 3.67. The molecule has 1 amide bonds. The molecule has 0 saturated carbocycles. The number of aromatic nitrogens is 3. The van der Waals surface area contributed by atoms with Gasteiger partial charge in [0.25, 0.3) is 5.91 Å². The Kier molecular flexibility index (Phi) is 5.79. The number of amides is 1. The molecule has 130 valence electrons. The lowest BCUT2D eigenvalue weighted by Gasteiger charge is -2.22. The molecule has 2 aromatic rings. The molecule has 1 fully saturated rings. The first-order valence-electron chi connectivity index (χ1n) is 7.13. The first-order valence-corrected chi connectivity index (χ1v) is 7.13. The van der Waals surface area contributed by atoms with E-state index >= 15 is 0 Å². The second kappa shape index (κ2) is 7.63. The van der Waals surface area contributed by atoms with Crippen LogP contribution in [0.15, 0.2) is 18.3 Å². The van der Waals surface area contributed by atoms with Crippen LogP contribution in [0.1, 0.15) is 29.4 Å². The fourth-order valence-electron chi connectivity index (χ4n) is 2.45. The number of benzene rings is 1. The van der Waals surface area contributed by atoms with Gasteiger partial charge in [-0.25, -0.2) is 17.9 Å². The Bertz CT molecular complexity index is 710. The number of nitrogens with zero attached hydrogens (tertiary/aromatic N) is 3. The normalized spacial score (nSPS) is 15.0. The van der Waals surface area contributed by atoms with Crippen molar-refractivity contribution < 1.29 is 18.0 Å². The molecule has 1 aromatic carbocycles. The summed E-state index contributed by atoms with van der Waals surface area (Å²) in [6.45, 7) is 1.72. The van der Waals surface area contributed by atoms with Gasteiger partial charge in [0.1, 0.15) is 0 Å². The molecule has 0 bridgehead atoms. The number of carbonyl (C=O) groups is 1. The van der Waals surface area contributed by atoms with Crippen molar-refractivity contribution in [1.82, 2.24) is 20.3 Å². The second-order valence-electron chi connectivity index (χ2n) is 5.27. The molecule has 0 aliphatic carbocycles. The summed E-state index contributed by atoms with van der Waals surface area (Å²) in [6.07, 6.45) is 3.24. The van der Waals surface area contributed by atoms with Gasteiger partial charge in [-0.3, -0.25) is 4.79 Å². The van der Waals surface area contributed by atoms with Crippen LogP contribution in [-0.2, 0) is 0 Å². The van der Waals surface area contributed by atoms with Crippen molar-refractivity contribution in [3.05, 3.63) is 41.5 Å². The molecule has 1 aromatic heterocycles. The van der Waals surface area contributed by atoms with Gasteiger partial charge >= 0.3 is 0 Å². The van der Waals surface area contributed by atoms with E-state index in [0.29, 0.717) is 12.1 Å². The van der Waals surface area contributed by atoms with E-state index in [4.69, 9.17) is 0 Å². The molecule has 10 heteroatoms. The maximum atomic E-state index is 13.1. The van der Waals surface area contributed by atoms with Crippen LogP contribution in [0.3, 0.4) is 0 Å². The molecule has 2 heterocycles. The van der Waals surface area contributed by atoms with E-state index in [2.05, 4.69) is 20.9 Å². The monoisotopic (exact) mass is 361 g/mol. The van der Waals surface area contributed by atoms with E-state index in [1.807, 2.05) is 0 Å². The van der Waals surface area contributed by atoms with Gasteiger partial charge in [-0.15, -0.1) is 17.5 Å². The zero-order chi connectivity index (χ0) is 16.4. The number of rotatable bonds is 3. The van der Waals surface area contributed by atoms with Crippen LogP contribution < -0.4 is 10.6 Å². The third-order valence-electron chi connectivity index (χ3n) is 3.67. The van der Waals surface area contributed by atoms with Crippen LogP contribution in [-0.4, -0.2) is 34.0 Å². The summed E-state index contributed by atoms with van der Waals surface area (Å²) in [7, 11) is 0. The second-order valence-corrected chi connectivity index (χ2v) is 5.27. The Morgan fingerprint density at radius 3 is 2.46 bits per heavy atom. The van der Waals surface area contributed by atoms with E-state index in [9.17, 15) is 18.0 Å². The topological polar surface area (TPSA) is 71.8 Å². The third kappa shape index (κ3) is 3.85. The molecule has 0 spiro atoms. The summed E-state index contributed by atoms with van der Waals surface area (Å²) in [6, 6.07) is 1.56. The minimum atomic E-state index is -1.58. The van der Waals surface area contributed by atoms with Gasteiger partial charge in [0, 0.05) is 17.8 Å². The van der Waals surface area contributed by atoms with Crippen molar-refractivity contribution in [2.75, 3.05) is 18.4 Å². The van der Waals surface area contributed by atoms with Crippen molar-refractivity contribution in [2.45, 2.75) is 18.9 Å². The van der Waals surface area contributed by atoms with Crippen LogP contribution in [0, 0.1) is 17.5 Å². The predicted molar refractivity (Wildman–Crippen MR) is 82.7 cm³/mol. The van der Waals surface area contributed by atoms with Crippen LogP contribution in [0.2, 0.25) is 0 Å². The zero-order valence-electron chi connectivity index (χ0n) is 12.4. The summed E-state index contributed by atoms with van der Waals surface area (Å²) >= 11 is 0. The molecule has 0 unspecified atom stereocenters. The number of hydrogen-bond donors (Lipinski definition) is 2. The number of carbonyl (C=O) groups excluding carboxylic acids is 1. The van der Waals surface area contributed by atoms with Gasteiger partial charge in [0.2, 0.25) is 0 Å². The van der Waals surface area contributed by atoms with E-state index in [1.54, 1.807) is 4.68 Å². The minimum absolute atomic E-state index is 0. The molecule has 2 N–H and O–H groups in total. The quantitative estimate of drug-likeness (QED) is 0.823. The largest absolute Gasteiger partial charge is 0.320 e. The molecule has 0 radical (unpaired) electrons. The Balaban J connectivity index is 0.00000208. The van der Waals surface area contributed by atoms with E-state index < -0.39 is 23.4 Å². The van der Waals surface area contributed by atoms with Gasteiger partial charge in [0.15, 0.2) is 23.1 Å². The smallest absolute Gasteiger partial charge is 0.277 e. The maximum absolute atomic E-state index is 13.1. The zero-order valence-corrected chi connectivity index (χ0v) is 13.2. The average Bonchev–Trinajstić information content (AvgIpc) is 3.03. The van der Waals surface area contributed by atoms with Crippen LogP contribution in [0.4, 0.5) is 18.9 Å². The van der Waals surface area contributed by atoms with Crippen molar-refractivity contribution in [1.29, 1.82) is 0 Å². The van der Waals surface area contributed by atoms with Crippen molar-refractivity contribution in [3.63, 3.8) is 0 Å². The molecule has 3 rings (SSSR count). The van der Waals surface area contributed by atoms with Gasteiger partial charge < -0.3 is 10.6 Å². The summed E-state index contributed by atoms with van der Waals surface area (Å²) in [4.78, 5) is 12.0. The molecule has 0 atom stereocenters. The first-order chi connectivity index (χ1) is 11.0. The number of nitrogens with one attached hydrogen (secondary N) is 2. The van der Waals surface area contributed by atoms with E-state index in [1.165, 1.54) is 6.20 Å². The number of anilines is 1. The number of piperidine rings is 1. The molecular weight excluding hydrogens is 347 g/mol. The van der Waals surface area contributed by atoms with Crippen molar-refractivity contribution >= 4 is 24.0 Å². The van der Waals surface area contributed by atoms with Crippen LogP contribution in [0.25, 0.3) is 0 Å². The Hall–Kier alpha value is -2.13. The van der Waals surface area contributed by atoms with Crippen LogP contribution in [0.5, 0.6) is 0 Å². The predicted octanol–water partition coefficient (Wildman–Crippen LogP) is 2.29. The van der Waals surface area contributed by atoms with Crippen LogP contribution >= 0.6 is 12.4 Å². The lowest BCUT2D eigenvalue weighted by molar-refractivity contribution is 0.102. The van der Waals surface area contributed by atoms with Crippen molar-refractivity contribution in [3.8, 4) is 0 Å². The first kappa shape index (κ1) is 18.2. The molecule has 24 heavy (non-hydrogen) atoms. The number of halogens is 4. The summed E-state index contributed by atoms with van der Waals surface area (Å²) in [5.74, 6) is -5.01. The fraction of sp³-hybridized carbons (Fsp3) is 0.357. The standard InChI is InChI=1S/C14H14F3N5O.ClH/c15-10-5-8(6-11(16)13(10)17)19-14(23)12-7-22(21-20-12)9-1-3-18-4-2-9;/h5-7,9,18H,1-4H2,(H,19,23);1H. The maximum Gasteiger partial charge on any atom is 0.277 e. The summed E-state index contributed by atoms with van der Waals surface area (Å²) in [5, 5.41) is 13.2. The SMILES string of the molecule is Cl.O=C(Nc1cc(F)c(F)c(F)c1)c1cn(C2CCNCC2)nn1. The molecule has 6 nitrogen and oxygen atoms in total. The Morgan fingerprint density at radius 1 is 1.21 bits per heavy atom. The lowest BCUT2D eigenvalue weighted by Crippen LogP contribution is -2.29. The van der Waals surface area contributed by atoms with E-state index in [0.717, 1.165) is 25.9 Å². The summed E-state index contributed by atoms with van der Waals surface area (Å²) < 4.78 is 40.8.